The van der Waals surface area contributed by atoms with E-state index < -0.39 is 57.3 Å². The number of hydrogen-bond donors (Lipinski definition) is 4. The number of carboxylic acids is 2. The molecule has 12 heteroatoms. The molecule has 12 nitrogen and oxygen atoms in total. The molecule has 2 atom stereocenters. The summed E-state index contributed by atoms with van der Waals surface area (Å²) in [5.74, 6) is -4.96. The molecule has 170 valence electrons. The van der Waals surface area contributed by atoms with Gasteiger partial charge in [-0.2, -0.15) is 0 Å². The summed E-state index contributed by atoms with van der Waals surface area (Å²) in [6, 6.07) is 1.94. The minimum Gasteiger partial charge on any atom is -0.478 e. The first-order valence-corrected chi connectivity index (χ1v) is 9.63. The van der Waals surface area contributed by atoms with Crippen LogP contribution in [-0.2, 0) is 20.9 Å². The van der Waals surface area contributed by atoms with Crippen molar-refractivity contribution in [2.75, 3.05) is 0 Å². The number of aromatic nitrogens is 2. The highest BCUT2D eigenvalue weighted by molar-refractivity contribution is 5.98. The number of rotatable bonds is 6. The van der Waals surface area contributed by atoms with Gasteiger partial charge in [0.2, 0.25) is 0 Å². The molecule has 0 aliphatic rings. The predicted molar refractivity (Wildman–Crippen MR) is 114 cm³/mol. The Morgan fingerprint density at radius 2 is 0.906 bits per heavy atom. The highest BCUT2D eigenvalue weighted by Gasteiger charge is 2.45. The predicted octanol–water partition coefficient (Wildman–Crippen LogP) is -1.38. The SMILES string of the molecule is CC(C)[C@@](N)(C(=O)O)n1c(=O)c2cc3c(=O)n([C@](N)(C(=O)O)C(C)C)c(=O)c3cc2c1=O. The summed E-state index contributed by atoms with van der Waals surface area (Å²) >= 11 is 0. The third kappa shape index (κ3) is 2.63. The molecule has 3 aromatic rings. The Kier molecular flexibility index (Phi) is 4.99. The molecule has 0 saturated carbocycles. The number of benzene rings is 1. The van der Waals surface area contributed by atoms with Crippen LogP contribution >= 0.6 is 0 Å². The fourth-order valence-electron chi connectivity index (χ4n) is 3.85. The lowest BCUT2D eigenvalue weighted by molar-refractivity contribution is -0.151. The molecule has 3 rings (SSSR count). The molecular formula is C20H22N4O8. The van der Waals surface area contributed by atoms with Gasteiger partial charge in [0, 0.05) is 11.8 Å². The fraction of sp³-hybridized carbons (Fsp3) is 0.400. The third-order valence-electron chi connectivity index (χ3n) is 6.08. The number of hydrogen-bond acceptors (Lipinski definition) is 8. The van der Waals surface area contributed by atoms with E-state index in [0.29, 0.717) is 9.13 Å². The molecule has 0 amide bonds. The Hall–Kier alpha value is -3.64. The van der Waals surface area contributed by atoms with Crippen molar-refractivity contribution in [2.45, 2.75) is 39.0 Å². The van der Waals surface area contributed by atoms with E-state index in [4.69, 9.17) is 11.5 Å². The average Bonchev–Trinajstić information content (AvgIpc) is 3.09. The summed E-state index contributed by atoms with van der Waals surface area (Å²) in [5.41, 5.74) is 2.93. The summed E-state index contributed by atoms with van der Waals surface area (Å²) in [6.45, 7) is 5.67. The van der Waals surface area contributed by atoms with Crippen molar-refractivity contribution in [1.82, 2.24) is 9.13 Å². The highest BCUT2D eigenvalue weighted by atomic mass is 16.4. The Bertz CT molecular complexity index is 1320. The molecule has 0 spiro atoms. The fourth-order valence-corrected chi connectivity index (χ4v) is 3.85. The number of fused-ring (bicyclic) bond motifs is 2. The average molecular weight is 446 g/mol. The van der Waals surface area contributed by atoms with Gasteiger partial charge in [0.05, 0.1) is 21.5 Å². The largest absolute Gasteiger partial charge is 0.478 e. The van der Waals surface area contributed by atoms with Gasteiger partial charge in [-0.1, -0.05) is 27.7 Å². The van der Waals surface area contributed by atoms with Crippen LogP contribution in [0.3, 0.4) is 0 Å². The zero-order chi connectivity index (χ0) is 24.5. The number of aliphatic carboxylic acids is 2. The van der Waals surface area contributed by atoms with Crippen LogP contribution in [0.5, 0.6) is 0 Å². The number of nitrogens with zero attached hydrogens (tertiary/aromatic N) is 2. The second-order valence-electron chi connectivity index (χ2n) is 8.41. The monoisotopic (exact) mass is 446 g/mol. The van der Waals surface area contributed by atoms with Gasteiger partial charge < -0.3 is 10.2 Å². The molecule has 0 saturated heterocycles. The maximum atomic E-state index is 13.0. The van der Waals surface area contributed by atoms with Crippen LogP contribution in [0.4, 0.5) is 0 Å². The molecule has 2 aromatic heterocycles. The van der Waals surface area contributed by atoms with Gasteiger partial charge in [0.15, 0.2) is 11.3 Å². The number of carbonyl (C=O) groups is 2. The minimum atomic E-state index is -2.37. The molecule has 6 N–H and O–H groups in total. The Morgan fingerprint density at radius 3 is 1.06 bits per heavy atom. The van der Waals surface area contributed by atoms with Crippen molar-refractivity contribution in [3.63, 3.8) is 0 Å². The number of carboxylic acid groups (broad SMARTS) is 2. The van der Waals surface area contributed by atoms with Gasteiger partial charge in [0.1, 0.15) is 0 Å². The first-order valence-electron chi connectivity index (χ1n) is 9.63. The summed E-state index contributed by atoms with van der Waals surface area (Å²) in [6.07, 6.45) is 0. The lowest BCUT2D eigenvalue weighted by atomic mass is 9.97. The van der Waals surface area contributed by atoms with Crippen LogP contribution in [0.1, 0.15) is 27.7 Å². The topological polar surface area (TPSA) is 205 Å². The first-order chi connectivity index (χ1) is 14.6. The Labute approximate surface area is 179 Å². The molecule has 0 fully saturated rings. The van der Waals surface area contributed by atoms with E-state index in [1.807, 2.05) is 0 Å². The smallest absolute Gasteiger partial charge is 0.345 e. The van der Waals surface area contributed by atoms with E-state index in [2.05, 4.69) is 0 Å². The maximum absolute atomic E-state index is 13.0. The Morgan fingerprint density at radius 1 is 0.688 bits per heavy atom. The second-order valence-corrected chi connectivity index (χ2v) is 8.41. The zero-order valence-electron chi connectivity index (χ0n) is 17.7. The molecule has 0 radical (unpaired) electrons. The van der Waals surface area contributed by atoms with Crippen LogP contribution < -0.4 is 33.7 Å². The molecule has 0 aliphatic carbocycles. The van der Waals surface area contributed by atoms with E-state index in [1.165, 1.54) is 27.7 Å². The summed E-state index contributed by atoms with van der Waals surface area (Å²) < 4.78 is 0.788. The van der Waals surface area contributed by atoms with Crippen LogP contribution in [-0.4, -0.2) is 31.3 Å². The van der Waals surface area contributed by atoms with Crippen LogP contribution in [0.25, 0.3) is 21.5 Å². The van der Waals surface area contributed by atoms with Gasteiger partial charge in [0.25, 0.3) is 22.2 Å². The normalized spacial score (nSPS) is 16.0. The summed E-state index contributed by atoms with van der Waals surface area (Å²) in [5, 5.41) is 17.9. The van der Waals surface area contributed by atoms with E-state index in [9.17, 15) is 39.0 Å². The standard InChI is InChI=1S/C20H22N4O8/c1-7(2)19(21,17(29)30)23-13(25)9-5-11-12(6-10(9)14(23)26)16(28)24(15(11)27)20(22,8(3)4)18(31)32/h5-8H,21-22H2,1-4H3,(H,29,30)(H,31,32)/t19-,20-/m0/s1. The zero-order valence-corrected chi connectivity index (χ0v) is 17.7. The third-order valence-corrected chi connectivity index (χ3v) is 6.08. The number of nitrogens with two attached hydrogens (primary N) is 2. The molecule has 32 heavy (non-hydrogen) atoms. The van der Waals surface area contributed by atoms with Crippen molar-refractivity contribution < 1.29 is 19.8 Å². The van der Waals surface area contributed by atoms with Gasteiger partial charge in [-0.05, 0) is 12.1 Å². The summed E-state index contributed by atoms with van der Waals surface area (Å²) in [7, 11) is 0. The molecule has 0 bridgehead atoms. The molecule has 2 heterocycles. The molecular weight excluding hydrogens is 424 g/mol. The van der Waals surface area contributed by atoms with Crippen LogP contribution in [0.2, 0.25) is 0 Å². The van der Waals surface area contributed by atoms with Gasteiger partial charge in [-0.25, -0.2) is 18.7 Å². The second kappa shape index (κ2) is 6.93. The van der Waals surface area contributed by atoms with Crippen LogP contribution in [0, 0.1) is 11.8 Å². The minimum absolute atomic E-state index is 0.323. The lowest BCUT2D eigenvalue weighted by Gasteiger charge is -2.29. The molecule has 0 unspecified atom stereocenters. The van der Waals surface area contributed by atoms with Crippen molar-refractivity contribution in [2.24, 2.45) is 23.3 Å². The van der Waals surface area contributed by atoms with Crippen molar-refractivity contribution in [3.8, 4) is 0 Å². The molecule has 1 aromatic carbocycles. The van der Waals surface area contributed by atoms with Gasteiger partial charge in [-0.3, -0.25) is 30.6 Å². The van der Waals surface area contributed by atoms with Crippen LogP contribution in [0.15, 0.2) is 31.3 Å². The van der Waals surface area contributed by atoms with E-state index >= 15 is 0 Å². The van der Waals surface area contributed by atoms with Gasteiger partial charge >= 0.3 is 11.9 Å². The van der Waals surface area contributed by atoms with E-state index in [-0.39, 0.29) is 21.5 Å². The summed E-state index contributed by atoms with van der Waals surface area (Å²) in [4.78, 5) is 75.6. The lowest BCUT2D eigenvalue weighted by Crippen LogP contribution is -2.60. The molecule has 0 aliphatic heterocycles. The van der Waals surface area contributed by atoms with Crippen molar-refractivity contribution in [3.05, 3.63) is 53.5 Å². The van der Waals surface area contributed by atoms with Crippen molar-refractivity contribution >= 4 is 33.5 Å². The van der Waals surface area contributed by atoms with Gasteiger partial charge in [-0.15, -0.1) is 0 Å². The quantitative estimate of drug-likeness (QED) is 0.349. The maximum Gasteiger partial charge on any atom is 0.345 e. The first kappa shape index (κ1) is 23.0. The highest BCUT2D eigenvalue weighted by Crippen LogP contribution is 2.23. The Balaban J connectivity index is 2.52. The van der Waals surface area contributed by atoms with E-state index in [0.717, 1.165) is 12.1 Å². The van der Waals surface area contributed by atoms with Crippen molar-refractivity contribution in [1.29, 1.82) is 0 Å². The van der Waals surface area contributed by atoms with E-state index in [1.54, 1.807) is 0 Å².